The van der Waals surface area contributed by atoms with Crippen LogP contribution in [0.15, 0.2) is 48.1 Å². The van der Waals surface area contributed by atoms with Crippen LogP contribution >= 0.6 is 0 Å². The van der Waals surface area contributed by atoms with E-state index in [0.717, 1.165) is 21.6 Å². The van der Waals surface area contributed by atoms with Gasteiger partial charge in [-0.15, -0.1) is 0 Å². The quantitative estimate of drug-likeness (QED) is 0.846. The van der Waals surface area contributed by atoms with Crippen molar-refractivity contribution in [1.29, 1.82) is 0 Å². The molecule has 2 aliphatic rings. The van der Waals surface area contributed by atoms with Crippen LogP contribution in [-0.2, 0) is 4.79 Å². The Kier molecular flexibility index (Phi) is 2.55. The van der Waals surface area contributed by atoms with Crippen molar-refractivity contribution in [3.05, 3.63) is 58.5 Å². The molecule has 0 spiro atoms. The fourth-order valence-electron chi connectivity index (χ4n) is 3.32. The standard InChI is InChI=1S/C18H18O2/c1-17(2,3)18(16(19)20)10-6-8-13-11-12-7-4-5-9-14(12)15(13)18/h4-11H,1-3H3,(H,19,20). The fraction of sp³-hybridized carbons (Fsp3) is 0.278. The third-order valence-corrected chi connectivity index (χ3v) is 4.37. The van der Waals surface area contributed by atoms with Crippen LogP contribution < -0.4 is 10.4 Å². The van der Waals surface area contributed by atoms with Crippen LogP contribution in [0.5, 0.6) is 0 Å². The summed E-state index contributed by atoms with van der Waals surface area (Å²) in [6.45, 7) is 5.97. The van der Waals surface area contributed by atoms with E-state index in [1.165, 1.54) is 0 Å². The van der Waals surface area contributed by atoms with Crippen molar-refractivity contribution < 1.29 is 9.90 Å². The SMILES string of the molecule is CC(C)(C)C1(C(=O)O)C=CC=C2C=c3ccccc3=C21. The van der Waals surface area contributed by atoms with Gasteiger partial charge in [0, 0.05) is 0 Å². The Hall–Kier alpha value is -2.09. The monoisotopic (exact) mass is 266 g/mol. The Bertz CT molecular complexity index is 772. The number of hydrogen-bond donors (Lipinski definition) is 1. The second-order valence-corrected chi connectivity index (χ2v) is 6.45. The molecule has 0 fully saturated rings. The third-order valence-electron chi connectivity index (χ3n) is 4.37. The molecule has 0 aliphatic heterocycles. The van der Waals surface area contributed by atoms with E-state index in [1.807, 2.05) is 63.3 Å². The zero-order valence-electron chi connectivity index (χ0n) is 12.0. The van der Waals surface area contributed by atoms with Crippen LogP contribution in [0, 0.1) is 10.8 Å². The first-order valence-corrected chi connectivity index (χ1v) is 6.83. The van der Waals surface area contributed by atoms with Gasteiger partial charge >= 0.3 is 5.97 Å². The van der Waals surface area contributed by atoms with Crippen molar-refractivity contribution in [1.82, 2.24) is 0 Å². The molecule has 0 saturated heterocycles. The number of benzene rings is 1. The topological polar surface area (TPSA) is 37.3 Å². The molecule has 0 amide bonds. The van der Waals surface area contributed by atoms with Crippen molar-refractivity contribution >= 4 is 17.6 Å². The molecule has 0 radical (unpaired) electrons. The molecule has 102 valence electrons. The van der Waals surface area contributed by atoms with E-state index < -0.39 is 16.8 Å². The van der Waals surface area contributed by atoms with Crippen LogP contribution in [0.2, 0.25) is 0 Å². The molecule has 0 bridgehead atoms. The summed E-state index contributed by atoms with van der Waals surface area (Å²) in [5.74, 6) is -0.785. The number of carbonyl (C=O) groups is 1. The predicted molar refractivity (Wildman–Crippen MR) is 80.3 cm³/mol. The van der Waals surface area contributed by atoms with Gasteiger partial charge in [0.2, 0.25) is 0 Å². The summed E-state index contributed by atoms with van der Waals surface area (Å²) in [6.07, 6.45) is 7.80. The van der Waals surface area contributed by atoms with Crippen LogP contribution in [0.25, 0.3) is 11.6 Å². The van der Waals surface area contributed by atoms with E-state index >= 15 is 0 Å². The summed E-state index contributed by atoms with van der Waals surface area (Å²) in [7, 11) is 0. The van der Waals surface area contributed by atoms with Gasteiger partial charge < -0.3 is 5.11 Å². The molecule has 1 atom stereocenters. The van der Waals surface area contributed by atoms with Crippen LogP contribution in [0.3, 0.4) is 0 Å². The molecule has 1 N–H and O–H groups in total. The summed E-state index contributed by atoms with van der Waals surface area (Å²) in [5.41, 5.74) is 0.553. The Morgan fingerprint density at radius 3 is 2.55 bits per heavy atom. The Balaban J connectivity index is 2.47. The summed E-state index contributed by atoms with van der Waals surface area (Å²) < 4.78 is 0. The number of carboxylic acid groups (broad SMARTS) is 1. The molecule has 0 aromatic heterocycles. The summed E-state index contributed by atoms with van der Waals surface area (Å²) in [5, 5.41) is 12.1. The third kappa shape index (κ3) is 1.48. The summed E-state index contributed by atoms with van der Waals surface area (Å²) in [4.78, 5) is 12.2. The van der Waals surface area contributed by atoms with E-state index in [1.54, 1.807) is 0 Å². The van der Waals surface area contributed by atoms with Gasteiger partial charge in [-0.25, -0.2) is 0 Å². The highest BCUT2D eigenvalue weighted by molar-refractivity contribution is 6.01. The highest BCUT2D eigenvalue weighted by Crippen LogP contribution is 2.51. The molecule has 20 heavy (non-hydrogen) atoms. The van der Waals surface area contributed by atoms with Crippen LogP contribution in [0.1, 0.15) is 20.8 Å². The summed E-state index contributed by atoms with van der Waals surface area (Å²) in [6, 6.07) is 8.01. The highest BCUT2D eigenvalue weighted by Gasteiger charge is 2.52. The average molecular weight is 266 g/mol. The minimum atomic E-state index is -0.986. The highest BCUT2D eigenvalue weighted by atomic mass is 16.4. The number of allylic oxidation sites excluding steroid dienone is 3. The predicted octanol–water partition coefficient (Wildman–Crippen LogP) is 2.24. The lowest BCUT2D eigenvalue weighted by Crippen LogP contribution is -2.46. The maximum atomic E-state index is 12.2. The van der Waals surface area contributed by atoms with Crippen molar-refractivity contribution in [3.8, 4) is 0 Å². The molecule has 0 heterocycles. The molecular weight excluding hydrogens is 248 g/mol. The van der Waals surface area contributed by atoms with Crippen molar-refractivity contribution in [2.24, 2.45) is 10.8 Å². The Labute approximate surface area is 118 Å². The average Bonchev–Trinajstić information content (AvgIpc) is 2.75. The van der Waals surface area contributed by atoms with E-state index in [0.29, 0.717) is 0 Å². The van der Waals surface area contributed by atoms with E-state index in [9.17, 15) is 9.90 Å². The second kappa shape index (κ2) is 3.95. The zero-order valence-corrected chi connectivity index (χ0v) is 12.0. The first-order valence-electron chi connectivity index (χ1n) is 6.83. The Morgan fingerprint density at radius 2 is 1.90 bits per heavy atom. The van der Waals surface area contributed by atoms with E-state index in [2.05, 4.69) is 6.08 Å². The lowest BCUT2D eigenvalue weighted by molar-refractivity contribution is -0.147. The van der Waals surface area contributed by atoms with Gasteiger partial charge in [-0.05, 0) is 33.1 Å². The molecule has 3 rings (SSSR count). The molecule has 0 saturated carbocycles. The van der Waals surface area contributed by atoms with Gasteiger partial charge in [0.25, 0.3) is 0 Å². The molecule has 1 aromatic carbocycles. The Morgan fingerprint density at radius 1 is 1.20 bits per heavy atom. The number of aliphatic carboxylic acids is 1. The molecular formula is C18H18O2. The van der Waals surface area contributed by atoms with E-state index in [4.69, 9.17) is 0 Å². The van der Waals surface area contributed by atoms with E-state index in [-0.39, 0.29) is 0 Å². The van der Waals surface area contributed by atoms with Gasteiger partial charge in [0.1, 0.15) is 5.41 Å². The number of fused-ring (bicyclic) bond motifs is 2. The minimum Gasteiger partial charge on any atom is -0.480 e. The van der Waals surface area contributed by atoms with Crippen molar-refractivity contribution in [2.45, 2.75) is 20.8 Å². The number of carboxylic acids is 1. The van der Waals surface area contributed by atoms with Crippen molar-refractivity contribution in [3.63, 3.8) is 0 Å². The van der Waals surface area contributed by atoms with Crippen molar-refractivity contribution in [2.75, 3.05) is 0 Å². The summed E-state index contributed by atoms with van der Waals surface area (Å²) >= 11 is 0. The van der Waals surface area contributed by atoms with Gasteiger partial charge in [-0.3, -0.25) is 4.79 Å². The molecule has 2 nitrogen and oxygen atoms in total. The van der Waals surface area contributed by atoms with Crippen LogP contribution in [0.4, 0.5) is 0 Å². The normalized spacial score (nSPS) is 23.8. The largest absolute Gasteiger partial charge is 0.480 e. The van der Waals surface area contributed by atoms with Gasteiger partial charge in [0.05, 0.1) is 0 Å². The zero-order chi connectivity index (χ0) is 14.5. The number of rotatable bonds is 1. The lowest BCUT2D eigenvalue weighted by atomic mass is 9.59. The van der Waals surface area contributed by atoms with Gasteiger partial charge in [0.15, 0.2) is 0 Å². The molecule has 2 aliphatic carbocycles. The first kappa shape index (κ1) is 12.9. The fourth-order valence-corrected chi connectivity index (χ4v) is 3.32. The molecule has 1 unspecified atom stereocenters. The van der Waals surface area contributed by atoms with Gasteiger partial charge in [-0.2, -0.15) is 0 Å². The molecule has 1 aromatic rings. The maximum absolute atomic E-state index is 12.2. The molecule has 2 heteroatoms. The lowest BCUT2D eigenvalue weighted by Gasteiger charge is -2.42. The second-order valence-electron chi connectivity index (χ2n) is 6.45. The maximum Gasteiger partial charge on any atom is 0.318 e. The van der Waals surface area contributed by atoms with Gasteiger partial charge in [-0.1, -0.05) is 63.3 Å². The number of hydrogen-bond acceptors (Lipinski definition) is 1. The van der Waals surface area contributed by atoms with Crippen LogP contribution in [-0.4, -0.2) is 11.1 Å². The minimum absolute atomic E-state index is 0.407. The smallest absolute Gasteiger partial charge is 0.318 e. The first-order chi connectivity index (χ1) is 9.38.